The lowest BCUT2D eigenvalue weighted by Crippen LogP contribution is -2.13. The van der Waals surface area contributed by atoms with E-state index in [-0.39, 0.29) is 5.76 Å². The fourth-order valence-electron chi connectivity index (χ4n) is 1.73. The molecule has 21 heavy (non-hydrogen) atoms. The zero-order valence-corrected chi connectivity index (χ0v) is 11.6. The number of anilines is 1. The van der Waals surface area contributed by atoms with E-state index in [0.29, 0.717) is 16.8 Å². The van der Waals surface area contributed by atoms with Crippen LogP contribution in [-0.2, 0) is 4.79 Å². The van der Waals surface area contributed by atoms with Crippen molar-refractivity contribution in [1.29, 1.82) is 0 Å². The third-order valence-electron chi connectivity index (χ3n) is 2.88. The molecule has 0 bridgehead atoms. The molecule has 1 aromatic heterocycles. The molecule has 1 aromatic carbocycles. The molecule has 0 aliphatic heterocycles. The summed E-state index contributed by atoms with van der Waals surface area (Å²) >= 11 is 0. The highest BCUT2D eigenvalue weighted by Crippen LogP contribution is 2.19. The number of benzene rings is 1. The first kappa shape index (κ1) is 14.5. The van der Waals surface area contributed by atoms with Crippen molar-refractivity contribution in [3.8, 4) is 0 Å². The Labute approximate surface area is 121 Å². The van der Waals surface area contributed by atoms with Crippen molar-refractivity contribution in [3.05, 3.63) is 52.9 Å². The maximum absolute atomic E-state index is 12.1. The second-order valence-corrected chi connectivity index (χ2v) is 4.54. The number of aryl methyl sites for hydroxylation is 2. The van der Waals surface area contributed by atoms with Crippen molar-refractivity contribution in [3.63, 3.8) is 0 Å². The molecule has 0 fully saturated rings. The Morgan fingerprint density at radius 1 is 1.29 bits per heavy atom. The highest BCUT2D eigenvalue weighted by molar-refractivity contribution is 6.03. The highest BCUT2D eigenvalue weighted by Gasteiger charge is 2.15. The molecule has 2 rings (SSSR count). The van der Waals surface area contributed by atoms with Crippen LogP contribution in [0.25, 0.3) is 6.08 Å². The molecular formula is C15H14N2O4. The van der Waals surface area contributed by atoms with Gasteiger partial charge in [0.1, 0.15) is 0 Å². The van der Waals surface area contributed by atoms with Gasteiger partial charge in [0, 0.05) is 17.3 Å². The zero-order chi connectivity index (χ0) is 15.4. The van der Waals surface area contributed by atoms with Crippen LogP contribution >= 0.6 is 0 Å². The lowest BCUT2D eigenvalue weighted by Gasteiger charge is -2.08. The summed E-state index contributed by atoms with van der Waals surface area (Å²) in [6.07, 6.45) is 3.96. The predicted octanol–water partition coefficient (Wildman–Crippen LogP) is 2.64. The molecule has 0 saturated heterocycles. The monoisotopic (exact) mass is 286 g/mol. The molecule has 2 N–H and O–H groups in total. The van der Waals surface area contributed by atoms with E-state index in [1.54, 1.807) is 25.1 Å². The van der Waals surface area contributed by atoms with Gasteiger partial charge in [-0.3, -0.25) is 4.79 Å². The van der Waals surface area contributed by atoms with E-state index < -0.39 is 11.9 Å². The average Bonchev–Trinajstić information content (AvgIpc) is 2.86. The van der Waals surface area contributed by atoms with Gasteiger partial charge in [-0.25, -0.2) is 4.79 Å². The number of carbonyl (C=O) groups is 2. The van der Waals surface area contributed by atoms with Crippen LogP contribution in [0.15, 0.2) is 35.0 Å². The van der Waals surface area contributed by atoms with Crippen LogP contribution in [0.3, 0.4) is 0 Å². The molecule has 0 atom stereocenters. The third-order valence-corrected chi connectivity index (χ3v) is 2.88. The molecule has 108 valence electrons. The van der Waals surface area contributed by atoms with Gasteiger partial charge in [-0.05, 0) is 37.1 Å². The van der Waals surface area contributed by atoms with E-state index in [1.807, 2.05) is 6.92 Å². The molecule has 0 saturated carbocycles. The maximum Gasteiger partial charge on any atom is 0.328 e. The van der Waals surface area contributed by atoms with E-state index in [0.717, 1.165) is 11.6 Å². The molecule has 0 aliphatic rings. The van der Waals surface area contributed by atoms with Crippen molar-refractivity contribution in [2.75, 3.05) is 5.32 Å². The minimum atomic E-state index is -1.03. The second-order valence-electron chi connectivity index (χ2n) is 4.54. The van der Waals surface area contributed by atoms with Gasteiger partial charge < -0.3 is 14.9 Å². The largest absolute Gasteiger partial charge is 0.478 e. The minimum absolute atomic E-state index is 0.154. The standard InChI is InChI=1S/C15H14N2O4/c1-9-3-4-11(5-6-13(18)19)7-12(9)17-15(20)14-10(2)8-16-21-14/h3-8H,1-2H3,(H,17,20)(H,18,19). The Bertz CT molecular complexity index is 716. The Balaban J connectivity index is 2.23. The van der Waals surface area contributed by atoms with Gasteiger partial charge in [0.25, 0.3) is 5.91 Å². The topological polar surface area (TPSA) is 92.4 Å². The summed E-state index contributed by atoms with van der Waals surface area (Å²) in [4.78, 5) is 22.6. The van der Waals surface area contributed by atoms with Gasteiger partial charge in [-0.2, -0.15) is 0 Å². The Hall–Kier alpha value is -2.89. The Morgan fingerprint density at radius 3 is 2.67 bits per heavy atom. The van der Waals surface area contributed by atoms with Gasteiger partial charge >= 0.3 is 5.97 Å². The van der Waals surface area contributed by atoms with Crippen LogP contribution in [-0.4, -0.2) is 22.1 Å². The molecule has 6 heteroatoms. The number of aromatic nitrogens is 1. The normalized spacial score (nSPS) is 10.8. The van der Waals surface area contributed by atoms with Gasteiger partial charge in [0.05, 0.1) is 6.20 Å². The fourth-order valence-corrected chi connectivity index (χ4v) is 1.73. The molecule has 6 nitrogen and oxygen atoms in total. The first-order valence-electron chi connectivity index (χ1n) is 6.21. The summed E-state index contributed by atoms with van der Waals surface area (Å²) in [7, 11) is 0. The summed E-state index contributed by atoms with van der Waals surface area (Å²) in [6, 6.07) is 5.26. The van der Waals surface area contributed by atoms with Gasteiger partial charge in [0.2, 0.25) is 5.76 Å². The number of carboxylic acid groups (broad SMARTS) is 1. The number of hydrogen-bond donors (Lipinski definition) is 2. The molecule has 1 heterocycles. The number of hydrogen-bond acceptors (Lipinski definition) is 4. The summed E-state index contributed by atoms with van der Waals surface area (Å²) in [5, 5.41) is 14.9. The van der Waals surface area contributed by atoms with E-state index in [4.69, 9.17) is 9.63 Å². The molecule has 0 radical (unpaired) electrons. The van der Waals surface area contributed by atoms with Crippen LogP contribution in [0.5, 0.6) is 0 Å². The van der Waals surface area contributed by atoms with Gasteiger partial charge in [0.15, 0.2) is 0 Å². The predicted molar refractivity (Wildman–Crippen MR) is 77.0 cm³/mol. The summed E-state index contributed by atoms with van der Waals surface area (Å²) < 4.78 is 4.89. The number of nitrogens with one attached hydrogen (secondary N) is 1. The smallest absolute Gasteiger partial charge is 0.328 e. The summed E-state index contributed by atoms with van der Waals surface area (Å²) in [5.41, 5.74) is 2.76. The first-order chi connectivity index (χ1) is 9.97. The van der Waals surface area contributed by atoms with Crippen molar-refractivity contribution in [1.82, 2.24) is 5.16 Å². The van der Waals surface area contributed by atoms with E-state index in [9.17, 15) is 9.59 Å². The number of carbonyl (C=O) groups excluding carboxylic acids is 1. The minimum Gasteiger partial charge on any atom is -0.478 e. The van der Waals surface area contributed by atoms with Crippen LogP contribution < -0.4 is 5.32 Å². The third kappa shape index (κ3) is 3.56. The summed E-state index contributed by atoms with van der Waals surface area (Å²) in [6.45, 7) is 3.57. The second kappa shape index (κ2) is 6.04. The molecule has 0 spiro atoms. The lowest BCUT2D eigenvalue weighted by atomic mass is 10.1. The van der Waals surface area contributed by atoms with Crippen molar-refractivity contribution in [2.24, 2.45) is 0 Å². The van der Waals surface area contributed by atoms with Crippen molar-refractivity contribution < 1.29 is 19.2 Å². The number of rotatable bonds is 4. The average molecular weight is 286 g/mol. The number of amides is 1. The zero-order valence-electron chi connectivity index (χ0n) is 11.6. The van der Waals surface area contributed by atoms with Crippen molar-refractivity contribution in [2.45, 2.75) is 13.8 Å². The number of nitrogens with zero attached hydrogens (tertiary/aromatic N) is 1. The maximum atomic E-state index is 12.1. The van der Waals surface area contributed by atoms with Crippen LogP contribution in [0.4, 0.5) is 5.69 Å². The van der Waals surface area contributed by atoms with Crippen LogP contribution in [0.1, 0.15) is 27.2 Å². The first-order valence-corrected chi connectivity index (χ1v) is 6.21. The van der Waals surface area contributed by atoms with E-state index >= 15 is 0 Å². The molecule has 2 aromatic rings. The van der Waals surface area contributed by atoms with E-state index in [1.165, 1.54) is 12.3 Å². The molecule has 1 amide bonds. The molecule has 0 aliphatic carbocycles. The van der Waals surface area contributed by atoms with Crippen LogP contribution in [0.2, 0.25) is 0 Å². The molecular weight excluding hydrogens is 272 g/mol. The van der Waals surface area contributed by atoms with Crippen molar-refractivity contribution >= 4 is 23.6 Å². The number of carboxylic acids is 1. The Kier molecular flexibility index (Phi) is 4.18. The van der Waals surface area contributed by atoms with Gasteiger partial charge in [-0.1, -0.05) is 17.3 Å². The quantitative estimate of drug-likeness (QED) is 0.843. The fraction of sp³-hybridized carbons (Fsp3) is 0.133. The Morgan fingerprint density at radius 2 is 2.05 bits per heavy atom. The molecule has 0 unspecified atom stereocenters. The van der Waals surface area contributed by atoms with E-state index in [2.05, 4.69) is 10.5 Å². The summed E-state index contributed by atoms with van der Waals surface area (Å²) in [5.74, 6) is -1.27. The highest BCUT2D eigenvalue weighted by atomic mass is 16.5. The lowest BCUT2D eigenvalue weighted by molar-refractivity contribution is -0.131. The van der Waals surface area contributed by atoms with Gasteiger partial charge in [-0.15, -0.1) is 0 Å². The van der Waals surface area contributed by atoms with Crippen LogP contribution in [0, 0.1) is 13.8 Å². The number of aliphatic carboxylic acids is 1. The SMILES string of the molecule is Cc1ccc(C=CC(=O)O)cc1NC(=O)c1oncc1C.